The highest BCUT2D eigenvalue weighted by Gasteiger charge is 2.08. The number of alkyl halides is 1. The van der Waals surface area contributed by atoms with Crippen molar-refractivity contribution in [3.63, 3.8) is 0 Å². The molecular formula is C9H9BrClF. The zero-order valence-electron chi connectivity index (χ0n) is 6.65. The molecule has 0 heterocycles. The van der Waals surface area contributed by atoms with Crippen molar-refractivity contribution in [3.05, 3.63) is 34.6 Å². The molecule has 0 aromatic heterocycles. The fourth-order valence-corrected chi connectivity index (χ4v) is 1.69. The average Bonchev–Trinajstić information content (AvgIpc) is 2.03. The van der Waals surface area contributed by atoms with Gasteiger partial charge in [-0.25, -0.2) is 4.39 Å². The van der Waals surface area contributed by atoms with Crippen LogP contribution in [-0.4, -0.2) is 5.33 Å². The highest BCUT2D eigenvalue weighted by atomic mass is 79.9. The number of rotatable bonds is 2. The van der Waals surface area contributed by atoms with Gasteiger partial charge in [0.05, 0.1) is 0 Å². The van der Waals surface area contributed by atoms with E-state index in [1.165, 1.54) is 12.1 Å². The second-order valence-corrected chi connectivity index (χ2v) is 3.78. The summed E-state index contributed by atoms with van der Waals surface area (Å²) in [6.07, 6.45) is 0. The van der Waals surface area contributed by atoms with Crippen LogP contribution in [0.4, 0.5) is 4.39 Å². The second-order valence-electron chi connectivity index (χ2n) is 2.72. The Bertz CT molecular complexity index is 275. The Morgan fingerprint density at radius 1 is 1.58 bits per heavy atom. The van der Waals surface area contributed by atoms with Crippen LogP contribution in [0.5, 0.6) is 0 Å². The van der Waals surface area contributed by atoms with Crippen molar-refractivity contribution in [1.29, 1.82) is 0 Å². The lowest BCUT2D eigenvalue weighted by atomic mass is 10.0. The molecule has 1 atom stereocenters. The van der Waals surface area contributed by atoms with E-state index >= 15 is 0 Å². The topological polar surface area (TPSA) is 0 Å². The maximum absolute atomic E-state index is 12.6. The minimum atomic E-state index is -0.287. The van der Waals surface area contributed by atoms with Crippen LogP contribution in [-0.2, 0) is 0 Å². The van der Waals surface area contributed by atoms with Gasteiger partial charge in [-0.05, 0) is 23.6 Å². The fraction of sp³-hybridized carbons (Fsp3) is 0.333. The van der Waals surface area contributed by atoms with Gasteiger partial charge >= 0.3 is 0 Å². The van der Waals surface area contributed by atoms with Gasteiger partial charge in [0, 0.05) is 10.4 Å². The van der Waals surface area contributed by atoms with Gasteiger partial charge in [-0.2, -0.15) is 0 Å². The SMILES string of the molecule is CC(CBr)c1ccc(F)cc1Cl. The first-order valence-electron chi connectivity index (χ1n) is 3.66. The highest BCUT2D eigenvalue weighted by molar-refractivity contribution is 9.09. The molecule has 0 aliphatic carbocycles. The Hall–Kier alpha value is -0.0800. The fourth-order valence-electron chi connectivity index (χ4n) is 0.984. The summed E-state index contributed by atoms with van der Waals surface area (Å²) in [5.41, 5.74) is 0.981. The minimum Gasteiger partial charge on any atom is -0.207 e. The Balaban J connectivity index is 3.01. The molecule has 0 aliphatic rings. The Labute approximate surface area is 84.9 Å². The van der Waals surface area contributed by atoms with Gasteiger partial charge < -0.3 is 0 Å². The molecule has 12 heavy (non-hydrogen) atoms. The lowest BCUT2D eigenvalue weighted by Gasteiger charge is -2.09. The molecule has 3 heteroatoms. The normalized spacial score (nSPS) is 13.0. The lowest BCUT2D eigenvalue weighted by molar-refractivity contribution is 0.626. The summed E-state index contributed by atoms with van der Waals surface area (Å²) in [5.74, 6) is 0.0311. The van der Waals surface area contributed by atoms with E-state index < -0.39 is 0 Å². The third kappa shape index (κ3) is 2.20. The van der Waals surface area contributed by atoms with E-state index in [9.17, 15) is 4.39 Å². The van der Waals surface area contributed by atoms with Crippen LogP contribution in [0.3, 0.4) is 0 Å². The number of benzene rings is 1. The van der Waals surface area contributed by atoms with Gasteiger partial charge in [-0.3, -0.25) is 0 Å². The zero-order chi connectivity index (χ0) is 9.14. The predicted octanol–water partition coefficient (Wildman–Crippen LogP) is 3.98. The van der Waals surface area contributed by atoms with E-state index in [1.807, 2.05) is 6.92 Å². The molecule has 0 bridgehead atoms. The molecule has 0 nitrogen and oxygen atoms in total. The predicted molar refractivity (Wildman–Crippen MR) is 53.6 cm³/mol. The number of hydrogen-bond acceptors (Lipinski definition) is 0. The number of hydrogen-bond donors (Lipinski definition) is 0. The third-order valence-corrected chi connectivity index (χ3v) is 3.02. The first-order valence-corrected chi connectivity index (χ1v) is 5.16. The minimum absolute atomic E-state index is 0.287. The zero-order valence-corrected chi connectivity index (χ0v) is 8.99. The van der Waals surface area contributed by atoms with Crippen molar-refractivity contribution >= 4 is 27.5 Å². The molecular weight excluding hydrogens is 242 g/mol. The first kappa shape index (κ1) is 10.0. The Morgan fingerprint density at radius 2 is 2.25 bits per heavy atom. The summed E-state index contributed by atoms with van der Waals surface area (Å²) in [5, 5.41) is 1.33. The molecule has 1 rings (SSSR count). The number of halogens is 3. The Kier molecular flexibility index (Phi) is 3.53. The van der Waals surface area contributed by atoms with Crippen LogP contribution in [0.1, 0.15) is 18.4 Å². The van der Waals surface area contributed by atoms with Crippen LogP contribution >= 0.6 is 27.5 Å². The van der Waals surface area contributed by atoms with Crippen molar-refractivity contribution in [2.45, 2.75) is 12.8 Å². The van der Waals surface area contributed by atoms with Gasteiger partial charge in [0.15, 0.2) is 0 Å². The van der Waals surface area contributed by atoms with Crippen LogP contribution in [0.25, 0.3) is 0 Å². The van der Waals surface area contributed by atoms with E-state index in [4.69, 9.17) is 11.6 Å². The molecule has 1 aromatic rings. The van der Waals surface area contributed by atoms with Gasteiger partial charge in [0.1, 0.15) is 5.82 Å². The molecule has 0 fully saturated rings. The molecule has 0 N–H and O–H groups in total. The first-order chi connectivity index (χ1) is 5.65. The van der Waals surface area contributed by atoms with Crippen molar-refractivity contribution in [2.24, 2.45) is 0 Å². The van der Waals surface area contributed by atoms with Gasteiger partial charge in [0.25, 0.3) is 0 Å². The van der Waals surface area contributed by atoms with Crippen LogP contribution in [0, 0.1) is 5.82 Å². The molecule has 0 aliphatic heterocycles. The maximum atomic E-state index is 12.6. The second kappa shape index (κ2) is 4.24. The molecule has 1 aromatic carbocycles. The van der Waals surface area contributed by atoms with Gasteiger partial charge in [0.2, 0.25) is 0 Å². The summed E-state index contributed by atoms with van der Waals surface area (Å²) in [4.78, 5) is 0. The van der Waals surface area contributed by atoms with E-state index in [2.05, 4.69) is 15.9 Å². The maximum Gasteiger partial charge on any atom is 0.124 e. The van der Waals surface area contributed by atoms with Crippen molar-refractivity contribution in [3.8, 4) is 0 Å². The molecule has 0 spiro atoms. The average molecular weight is 252 g/mol. The molecule has 0 radical (unpaired) electrons. The van der Waals surface area contributed by atoms with Gasteiger partial charge in [-0.15, -0.1) is 0 Å². The van der Waals surface area contributed by atoms with Gasteiger partial charge in [-0.1, -0.05) is 40.5 Å². The summed E-state index contributed by atoms with van der Waals surface area (Å²) in [6.45, 7) is 2.04. The lowest BCUT2D eigenvalue weighted by Crippen LogP contribution is -1.95. The van der Waals surface area contributed by atoms with E-state index in [0.29, 0.717) is 10.9 Å². The standard InChI is InChI=1S/C9H9BrClF/c1-6(5-10)8-3-2-7(12)4-9(8)11/h2-4,6H,5H2,1H3. The molecule has 66 valence electrons. The van der Waals surface area contributed by atoms with Crippen molar-refractivity contribution < 1.29 is 4.39 Å². The Morgan fingerprint density at radius 3 is 2.75 bits per heavy atom. The van der Waals surface area contributed by atoms with E-state index in [-0.39, 0.29) is 5.82 Å². The largest absolute Gasteiger partial charge is 0.207 e. The van der Waals surface area contributed by atoms with Crippen LogP contribution < -0.4 is 0 Å². The summed E-state index contributed by atoms with van der Waals surface area (Å²) < 4.78 is 12.6. The molecule has 1 unspecified atom stereocenters. The molecule has 0 saturated carbocycles. The van der Waals surface area contributed by atoms with E-state index in [0.717, 1.165) is 10.9 Å². The summed E-state index contributed by atoms with van der Waals surface area (Å²) >= 11 is 9.19. The monoisotopic (exact) mass is 250 g/mol. The quantitative estimate of drug-likeness (QED) is 0.698. The van der Waals surface area contributed by atoms with Crippen molar-refractivity contribution in [1.82, 2.24) is 0 Å². The smallest absolute Gasteiger partial charge is 0.124 e. The molecule has 0 amide bonds. The summed E-state index contributed by atoms with van der Waals surface area (Å²) in [7, 11) is 0. The van der Waals surface area contributed by atoms with Crippen LogP contribution in [0.2, 0.25) is 5.02 Å². The van der Waals surface area contributed by atoms with Crippen molar-refractivity contribution in [2.75, 3.05) is 5.33 Å². The highest BCUT2D eigenvalue weighted by Crippen LogP contribution is 2.26. The third-order valence-electron chi connectivity index (χ3n) is 1.72. The summed E-state index contributed by atoms with van der Waals surface area (Å²) in [6, 6.07) is 4.50. The van der Waals surface area contributed by atoms with Crippen LogP contribution in [0.15, 0.2) is 18.2 Å². The van der Waals surface area contributed by atoms with E-state index in [1.54, 1.807) is 6.07 Å². The molecule has 0 saturated heterocycles.